The summed E-state index contributed by atoms with van der Waals surface area (Å²) in [5.41, 5.74) is 7.85. The summed E-state index contributed by atoms with van der Waals surface area (Å²) in [5.74, 6) is -1.04. The van der Waals surface area contributed by atoms with E-state index in [0.29, 0.717) is 0 Å². The van der Waals surface area contributed by atoms with Gasteiger partial charge in [-0.05, 0) is 30.7 Å². The Balaban J connectivity index is 2.03. The summed E-state index contributed by atoms with van der Waals surface area (Å²) >= 11 is 0. The predicted molar refractivity (Wildman–Crippen MR) is 71.1 cm³/mol. The number of anilines is 1. The molecule has 0 heterocycles. The Kier molecular flexibility index (Phi) is 3.80. The lowest BCUT2D eigenvalue weighted by molar-refractivity contribution is 0.0474. The average molecular weight is 259 g/mol. The van der Waals surface area contributed by atoms with Gasteiger partial charge >= 0.3 is 5.97 Å². The van der Waals surface area contributed by atoms with Gasteiger partial charge in [0.25, 0.3) is 0 Å². The van der Waals surface area contributed by atoms with Gasteiger partial charge < -0.3 is 10.5 Å². The number of hydrogen-bond donors (Lipinski definition) is 1. The van der Waals surface area contributed by atoms with E-state index >= 15 is 0 Å². The maximum absolute atomic E-state index is 12.9. The molecule has 0 aromatic heterocycles. The minimum Gasteiger partial charge on any atom is -0.457 e. The zero-order chi connectivity index (χ0) is 13.8. The van der Waals surface area contributed by atoms with Gasteiger partial charge in [0.15, 0.2) is 0 Å². The maximum Gasteiger partial charge on any atom is 0.340 e. The molecular formula is C15H14FNO2. The van der Waals surface area contributed by atoms with Crippen molar-refractivity contribution >= 4 is 11.7 Å². The monoisotopic (exact) mass is 259 g/mol. The number of esters is 1. The molecule has 0 saturated carbocycles. The lowest BCUT2D eigenvalue weighted by Crippen LogP contribution is -2.08. The van der Waals surface area contributed by atoms with E-state index < -0.39 is 11.8 Å². The topological polar surface area (TPSA) is 52.3 Å². The van der Waals surface area contributed by atoms with E-state index in [9.17, 15) is 9.18 Å². The van der Waals surface area contributed by atoms with Crippen molar-refractivity contribution in [3.63, 3.8) is 0 Å². The zero-order valence-corrected chi connectivity index (χ0v) is 10.5. The second-order valence-electron chi connectivity index (χ2n) is 4.29. The Hall–Kier alpha value is -2.36. The van der Waals surface area contributed by atoms with E-state index in [2.05, 4.69) is 0 Å². The van der Waals surface area contributed by atoms with Crippen LogP contribution in [0.15, 0.2) is 42.5 Å². The first-order valence-electron chi connectivity index (χ1n) is 5.84. The lowest BCUT2D eigenvalue weighted by Gasteiger charge is -2.07. The quantitative estimate of drug-likeness (QED) is 0.680. The second-order valence-corrected chi connectivity index (χ2v) is 4.29. The minimum absolute atomic E-state index is 0.0777. The van der Waals surface area contributed by atoms with Gasteiger partial charge in [0.1, 0.15) is 12.4 Å². The Morgan fingerprint density at radius 3 is 2.53 bits per heavy atom. The van der Waals surface area contributed by atoms with Gasteiger partial charge in [-0.2, -0.15) is 0 Å². The van der Waals surface area contributed by atoms with Crippen LogP contribution in [-0.2, 0) is 11.3 Å². The van der Waals surface area contributed by atoms with Gasteiger partial charge in [-0.1, -0.05) is 29.8 Å². The number of nitrogens with two attached hydrogens (primary N) is 1. The third-order valence-corrected chi connectivity index (χ3v) is 2.72. The molecule has 0 amide bonds. The number of aryl methyl sites for hydroxylation is 1. The number of ether oxygens (including phenoxy) is 1. The molecule has 0 aliphatic carbocycles. The molecule has 2 aromatic rings. The Labute approximate surface area is 110 Å². The normalized spacial score (nSPS) is 10.2. The Morgan fingerprint density at radius 1 is 1.21 bits per heavy atom. The molecule has 2 aromatic carbocycles. The molecule has 0 unspecified atom stereocenters. The third kappa shape index (κ3) is 3.31. The average Bonchev–Trinajstić information content (AvgIpc) is 2.37. The van der Waals surface area contributed by atoms with Crippen molar-refractivity contribution < 1.29 is 13.9 Å². The van der Waals surface area contributed by atoms with Crippen LogP contribution in [0.4, 0.5) is 10.1 Å². The summed E-state index contributed by atoms with van der Waals surface area (Å²) in [6, 6.07) is 11.3. The van der Waals surface area contributed by atoms with Gasteiger partial charge in [-0.25, -0.2) is 9.18 Å². The summed E-state index contributed by atoms with van der Waals surface area (Å²) in [7, 11) is 0. The number of hydrogen-bond acceptors (Lipinski definition) is 3. The lowest BCUT2D eigenvalue weighted by atomic mass is 10.1. The SMILES string of the molecule is Cc1ccc(COC(=O)c2ccc(F)cc2N)cc1. The molecule has 0 bridgehead atoms. The number of benzene rings is 2. The highest BCUT2D eigenvalue weighted by Crippen LogP contribution is 2.15. The van der Waals surface area contributed by atoms with E-state index in [0.717, 1.165) is 17.2 Å². The van der Waals surface area contributed by atoms with E-state index in [4.69, 9.17) is 10.5 Å². The summed E-state index contributed by atoms with van der Waals surface area (Å²) < 4.78 is 18.0. The molecule has 0 saturated heterocycles. The fourth-order valence-electron chi connectivity index (χ4n) is 1.63. The molecule has 0 fully saturated rings. The van der Waals surface area contributed by atoms with Gasteiger partial charge in [-0.15, -0.1) is 0 Å². The predicted octanol–water partition coefficient (Wildman–Crippen LogP) is 3.07. The van der Waals surface area contributed by atoms with Crippen LogP contribution >= 0.6 is 0 Å². The number of carbonyl (C=O) groups is 1. The highest BCUT2D eigenvalue weighted by molar-refractivity contribution is 5.94. The van der Waals surface area contributed by atoms with Crippen molar-refractivity contribution in [2.24, 2.45) is 0 Å². The van der Waals surface area contributed by atoms with Gasteiger partial charge in [-0.3, -0.25) is 0 Å². The first-order chi connectivity index (χ1) is 9.06. The molecule has 0 aliphatic rings. The van der Waals surface area contributed by atoms with E-state index in [1.54, 1.807) is 0 Å². The van der Waals surface area contributed by atoms with Crippen LogP contribution in [0.25, 0.3) is 0 Å². The second kappa shape index (κ2) is 5.52. The number of nitrogen functional groups attached to an aromatic ring is 1. The summed E-state index contributed by atoms with van der Waals surface area (Å²) in [5, 5.41) is 0. The van der Waals surface area contributed by atoms with Gasteiger partial charge in [0, 0.05) is 5.69 Å². The number of rotatable bonds is 3. The highest BCUT2D eigenvalue weighted by atomic mass is 19.1. The molecular weight excluding hydrogens is 245 g/mol. The molecule has 0 aliphatic heterocycles. The molecule has 0 radical (unpaired) electrons. The van der Waals surface area contributed by atoms with Crippen LogP contribution in [0, 0.1) is 12.7 Å². The van der Waals surface area contributed by atoms with Crippen LogP contribution < -0.4 is 5.73 Å². The van der Waals surface area contributed by atoms with Crippen molar-refractivity contribution in [1.29, 1.82) is 0 Å². The summed E-state index contributed by atoms with van der Waals surface area (Å²) in [4.78, 5) is 11.8. The number of carbonyl (C=O) groups excluding carboxylic acids is 1. The van der Waals surface area contributed by atoms with Crippen LogP contribution in [0.5, 0.6) is 0 Å². The molecule has 98 valence electrons. The van der Waals surface area contributed by atoms with E-state index in [1.807, 2.05) is 31.2 Å². The fraction of sp³-hybridized carbons (Fsp3) is 0.133. The summed E-state index contributed by atoms with van der Waals surface area (Å²) in [6.45, 7) is 2.14. The van der Waals surface area contributed by atoms with E-state index in [-0.39, 0.29) is 17.9 Å². The Morgan fingerprint density at radius 2 is 1.89 bits per heavy atom. The Bertz CT molecular complexity index is 594. The van der Waals surface area contributed by atoms with Crippen molar-refractivity contribution in [3.8, 4) is 0 Å². The van der Waals surface area contributed by atoms with Crippen LogP contribution in [0.2, 0.25) is 0 Å². The molecule has 4 heteroatoms. The molecule has 2 rings (SSSR count). The van der Waals surface area contributed by atoms with Crippen LogP contribution in [-0.4, -0.2) is 5.97 Å². The standard InChI is InChI=1S/C15H14FNO2/c1-10-2-4-11(5-3-10)9-19-15(18)13-7-6-12(16)8-14(13)17/h2-8H,9,17H2,1H3. The fourth-order valence-corrected chi connectivity index (χ4v) is 1.63. The first-order valence-corrected chi connectivity index (χ1v) is 5.84. The summed E-state index contributed by atoms with van der Waals surface area (Å²) in [6.07, 6.45) is 0. The number of halogens is 1. The van der Waals surface area contributed by atoms with Crippen molar-refractivity contribution in [2.45, 2.75) is 13.5 Å². The molecule has 0 spiro atoms. The van der Waals surface area contributed by atoms with Crippen molar-refractivity contribution in [3.05, 3.63) is 65.0 Å². The molecule has 2 N–H and O–H groups in total. The van der Waals surface area contributed by atoms with Crippen LogP contribution in [0.1, 0.15) is 21.5 Å². The molecule has 19 heavy (non-hydrogen) atoms. The molecule has 0 atom stereocenters. The van der Waals surface area contributed by atoms with Gasteiger partial charge in [0.05, 0.1) is 5.56 Å². The third-order valence-electron chi connectivity index (χ3n) is 2.72. The highest BCUT2D eigenvalue weighted by Gasteiger charge is 2.11. The largest absolute Gasteiger partial charge is 0.457 e. The first kappa shape index (κ1) is 13.1. The minimum atomic E-state index is -0.557. The maximum atomic E-state index is 12.9. The van der Waals surface area contributed by atoms with Gasteiger partial charge in [0.2, 0.25) is 0 Å². The van der Waals surface area contributed by atoms with Crippen LogP contribution in [0.3, 0.4) is 0 Å². The molecule has 3 nitrogen and oxygen atoms in total. The van der Waals surface area contributed by atoms with Crippen molar-refractivity contribution in [1.82, 2.24) is 0 Å². The smallest absolute Gasteiger partial charge is 0.340 e. The van der Waals surface area contributed by atoms with E-state index in [1.165, 1.54) is 12.1 Å². The van der Waals surface area contributed by atoms with Crippen molar-refractivity contribution in [2.75, 3.05) is 5.73 Å². The zero-order valence-electron chi connectivity index (χ0n) is 10.5.